The molecular weight excluding hydrogens is 450 g/mol. The minimum atomic E-state index is -0.600. The van der Waals surface area contributed by atoms with Crippen LogP contribution in [0.25, 0.3) is 0 Å². The molecule has 6 heteroatoms. The maximum atomic E-state index is 13.9. The number of rotatable bonds is 6. The number of fused-ring (bicyclic) bond motifs is 1. The topological polar surface area (TPSA) is 65.8 Å². The Labute approximate surface area is 212 Å². The quantitative estimate of drug-likeness (QED) is 0.437. The highest BCUT2D eigenvalue weighted by Gasteiger charge is 2.42. The highest BCUT2D eigenvalue weighted by molar-refractivity contribution is 6.06. The lowest BCUT2D eigenvalue weighted by Crippen LogP contribution is -2.38. The summed E-state index contributed by atoms with van der Waals surface area (Å²) in [6.07, 6.45) is 3.00. The van der Waals surface area contributed by atoms with Crippen LogP contribution in [0.5, 0.6) is 0 Å². The predicted octanol–water partition coefficient (Wildman–Crippen LogP) is 6.44. The molecule has 0 spiro atoms. The number of Topliss-reactive ketones (excluding diaryl/α,β-unsaturated/α-hetero) is 1. The number of para-hydroxylation sites is 2. The fourth-order valence-electron chi connectivity index (χ4n) is 5.53. The second kappa shape index (κ2) is 10.1. The SMILES string of the molecule is CCC(=O)N1c2ccccc2NC2=C(C(=O)C[C@@H](c3ccc(N(CC)CC)cc3)C2)[C@H]1c1ccco1. The van der Waals surface area contributed by atoms with Crippen LogP contribution in [-0.2, 0) is 9.59 Å². The first-order valence-corrected chi connectivity index (χ1v) is 12.9. The predicted molar refractivity (Wildman–Crippen MR) is 143 cm³/mol. The first-order chi connectivity index (χ1) is 17.5. The Kier molecular flexibility index (Phi) is 6.68. The van der Waals surface area contributed by atoms with Gasteiger partial charge < -0.3 is 14.6 Å². The van der Waals surface area contributed by atoms with Gasteiger partial charge in [-0.05, 0) is 68.1 Å². The zero-order valence-electron chi connectivity index (χ0n) is 21.2. The molecule has 2 heterocycles. The van der Waals surface area contributed by atoms with Gasteiger partial charge in [0.2, 0.25) is 5.91 Å². The number of hydrogen-bond acceptors (Lipinski definition) is 5. The van der Waals surface area contributed by atoms with Crippen LogP contribution >= 0.6 is 0 Å². The molecule has 0 fully saturated rings. The zero-order valence-corrected chi connectivity index (χ0v) is 21.2. The summed E-state index contributed by atoms with van der Waals surface area (Å²) in [5, 5.41) is 3.56. The molecule has 5 rings (SSSR count). The molecule has 0 saturated heterocycles. The summed E-state index contributed by atoms with van der Waals surface area (Å²) in [5.41, 5.74) is 5.42. The van der Waals surface area contributed by atoms with Gasteiger partial charge in [-0.25, -0.2) is 0 Å². The van der Waals surface area contributed by atoms with Crippen LogP contribution in [0.2, 0.25) is 0 Å². The molecule has 2 atom stereocenters. The van der Waals surface area contributed by atoms with E-state index in [1.165, 1.54) is 5.69 Å². The summed E-state index contributed by atoms with van der Waals surface area (Å²) in [6.45, 7) is 8.07. The summed E-state index contributed by atoms with van der Waals surface area (Å²) in [6, 6.07) is 19.4. The molecule has 2 aliphatic rings. The van der Waals surface area contributed by atoms with Crippen molar-refractivity contribution in [1.29, 1.82) is 0 Å². The molecule has 0 radical (unpaired) electrons. The van der Waals surface area contributed by atoms with Crippen molar-refractivity contribution in [2.75, 3.05) is 28.2 Å². The van der Waals surface area contributed by atoms with Gasteiger partial charge in [0.1, 0.15) is 11.8 Å². The third-order valence-corrected chi connectivity index (χ3v) is 7.37. The van der Waals surface area contributed by atoms with Crippen molar-refractivity contribution in [2.45, 2.75) is 52.0 Å². The van der Waals surface area contributed by atoms with E-state index in [9.17, 15) is 9.59 Å². The molecule has 1 aliphatic carbocycles. The van der Waals surface area contributed by atoms with Gasteiger partial charge in [0.15, 0.2) is 5.78 Å². The highest BCUT2D eigenvalue weighted by atomic mass is 16.3. The monoisotopic (exact) mass is 483 g/mol. The second-order valence-corrected chi connectivity index (χ2v) is 9.36. The van der Waals surface area contributed by atoms with E-state index in [1.807, 2.05) is 43.3 Å². The number of hydrogen-bond donors (Lipinski definition) is 1. The molecule has 1 aromatic heterocycles. The van der Waals surface area contributed by atoms with Gasteiger partial charge in [-0.2, -0.15) is 0 Å². The summed E-state index contributed by atoms with van der Waals surface area (Å²) in [5.74, 6) is 0.650. The molecule has 6 nitrogen and oxygen atoms in total. The highest BCUT2D eigenvalue weighted by Crippen LogP contribution is 2.47. The fourth-order valence-corrected chi connectivity index (χ4v) is 5.53. The molecule has 1 N–H and O–H groups in total. The number of ketones is 1. The van der Waals surface area contributed by atoms with Crippen molar-refractivity contribution in [1.82, 2.24) is 0 Å². The molecule has 36 heavy (non-hydrogen) atoms. The molecule has 0 unspecified atom stereocenters. The maximum Gasteiger partial charge on any atom is 0.227 e. The number of furan rings is 1. The third-order valence-electron chi connectivity index (χ3n) is 7.37. The van der Waals surface area contributed by atoms with Gasteiger partial charge in [-0.15, -0.1) is 0 Å². The van der Waals surface area contributed by atoms with E-state index in [-0.39, 0.29) is 17.6 Å². The van der Waals surface area contributed by atoms with Crippen LogP contribution in [0.1, 0.15) is 63.3 Å². The van der Waals surface area contributed by atoms with Crippen LogP contribution in [0.3, 0.4) is 0 Å². The molecule has 0 bridgehead atoms. The van der Waals surface area contributed by atoms with Crippen LogP contribution in [0.15, 0.2) is 82.6 Å². The van der Waals surface area contributed by atoms with Crippen LogP contribution < -0.4 is 15.1 Å². The average molecular weight is 484 g/mol. The summed E-state index contributed by atoms with van der Waals surface area (Å²) in [4.78, 5) is 31.2. The molecule has 1 amide bonds. The van der Waals surface area contributed by atoms with Crippen molar-refractivity contribution in [3.63, 3.8) is 0 Å². The van der Waals surface area contributed by atoms with E-state index in [2.05, 4.69) is 48.3 Å². The first-order valence-electron chi connectivity index (χ1n) is 12.9. The number of amides is 1. The molecule has 2 aromatic carbocycles. The number of carbonyl (C=O) groups is 2. The maximum absolute atomic E-state index is 13.9. The van der Waals surface area contributed by atoms with Gasteiger partial charge >= 0.3 is 0 Å². The lowest BCUT2D eigenvalue weighted by atomic mass is 9.79. The van der Waals surface area contributed by atoms with Gasteiger partial charge in [-0.3, -0.25) is 14.5 Å². The Morgan fingerprint density at radius 3 is 2.42 bits per heavy atom. The van der Waals surface area contributed by atoms with E-state index in [4.69, 9.17) is 4.42 Å². The molecular formula is C30H33N3O3. The average Bonchev–Trinajstić information content (AvgIpc) is 3.39. The Balaban J connectivity index is 1.58. The van der Waals surface area contributed by atoms with Crippen LogP contribution in [0, 0.1) is 0 Å². The van der Waals surface area contributed by atoms with Crippen LogP contribution in [-0.4, -0.2) is 24.8 Å². The van der Waals surface area contributed by atoms with E-state index in [0.29, 0.717) is 30.6 Å². The van der Waals surface area contributed by atoms with Gasteiger partial charge in [0, 0.05) is 42.9 Å². The molecule has 3 aromatic rings. The normalized spacial score (nSPS) is 19.3. The second-order valence-electron chi connectivity index (χ2n) is 9.36. The number of carbonyl (C=O) groups excluding carboxylic acids is 2. The van der Waals surface area contributed by atoms with Gasteiger partial charge in [-0.1, -0.05) is 31.2 Å². The summed E-state index contributed by atoms with van der Waals surface area (Å²) < 4.78 is 5.82. The van der Waals surface area contributed by atoms with Crippen molar-refractivity contribution in [2.24, 2.45) is 0 Å². The van der Waals surface area contributed by atoms with Crippen molar-refractivity contribution < 1.29 is 14.0 Å². The lowest BCUT2D eigenvalue weighted by molar-refractivity contribution is -0.119. The van der Waals surface area contributed by atoms with E-state index >= 15 is 0 Å². The zero-order chi connectivity index (χ0) is 25.2. The first kappa shape index (κ1) is 23.9. The Bertz CT molecular complexity index is 1270. The minimum Gasteiger partial charge on any atom is -0.467 e. The Hall–Kier alpha value is -3.80. The lowest BCUT2D eigenvalue weighted by Gasteiger charge is -2.33. The smallest absolute Gasteiger partial charge is 0.227 e. The van der Waals surface area contributed by atoms with Crippen molar-refractivity contribution in [3.05, 3.63) is 89.5 Å². The fraction of sp³-hybridized carbons (Fsp3) is 0.333. The van der Waals surface area contributed by atoms with E-state index in [0.717, 1.165) is 35.7 Å². The number of anilines is 3. The van der Waals surface area contributed by atoms with E-state index < -0.39 is 6.04 Å². The number of nitrogens with zero attached hydrogens (tertiary/aromatic N) is 2. The minimum absolute atomic E-state index is 0.0460. The van der Waals surface area contributed by atoms with Gasteiger partial charge in [0.05, 0.1) is 17.6 Å². The largest absolute Gasteiger partial charge is 0.467 e. The molecule has 186 valence electrons. The Morgan fingerprint density at radius 1 is 1.00 bits per heavy atom. The third kappa shape index (κ3) is 4.21. The number of nitrogens with one attached hydrogen (secondary N) is 1. The molecule has 1 aliphatic heterocycles. The van der Waals surface area contributed by atoms with Gasteiger partial charge in [0.25, 0.3) is 0 Å². The molecule has 0 saturated carbocycles. The van der Waals surface area contributed by atoms with Crippen LogP contribution in [0.4, 0.5) is 17.1 Å². The Morgan fingerprint density at radius 2 is 1.75 bits per heavy atom. The summed E-state index contributed by atoms with van der Waals surface area (Å²) >= 11 is 0. The standard InChI is InChI=1S/C30H33N3O3/c1-4-28(35)33-25-11-8-7-10-23(25)31-24-18-21(20-13-15-22(16-14-20)32(5-2)6-3)19-26(34)29(24)30(33)27-12-9-17-36-27/h7-17,21,30-31H,4-6,18-19H2,1-3H3/t21-,30+/m0/s1. The number of benzene rings is 2. The summed E-state index contributed by atoms with van der Waals surface area (Å²) in [7, 11) is 0. The van der Waals surface area contributed by atoms with E-state index in [1.54, 1.807) is 11.2 Å². The van der Waals surface area contributed by atoms with Crippen molar-refractivity contribution >= 4 is 28.8 Å². The number of allylic oxidation sites excluding steroid dienone is 1. The van der Waals surface area contributed by atoms with Crippen molar-refractivity contribution in [3.8, 4) is 0 Å².